The minimum atomic E-state index is -4.96. The van der Waals surface area contributed by atoms with E-state index in [4.69, 9.17) is 37.0 Å². The number of aliphatic hydroxyl groups excluding tert-OH is 1. The highest BCUT2D eigenvalue weighted by Gasteiger charge is 2.30. The maximum Gasteiger partial charge on any atom is 0.472 e. The van der Waals surface area contributed by atoms with E-state index < -0.39 is 97.5 Å². The summed E-state index contributed by atoms with van der Waals surface area (Å²) < 4.78 is 68.8. The molecule has 0 saturated heterocycles. The van der Waals surface area contributed by atoms with E-state index in [0.717, 1.165) is 95.8 Å². The van der Waals surface area contributed by atoms with Crippen LogP contribution in [0.3, 0.4) is 0 Å². The normalized spacial score (nSPS) is 13.8. The predicted octanol–water partition coefficient (Wildman–Crippen LogP) is 24.8. The molecule has 0 heterocycles. The second-order valence-electron chi connectivity index (χ2n) is 30.0. The lowest BCUT2D eigenvalue weighted by atomic mass is 10.0. The molecule has 0 radical (unpaired) electrons. The molecule has 0 aliphatic rings. The number of carbonyl (C=O) groups excluding carboxylic acids is 4. The van der Waals surface area contributed by atoms with Gasteiger partial charge in [0, 0.05) is 25.7 Å². The van der Waals surface area contributed by atoms with Gasteiger partial charge in [-0.1, -0.05) is 388 Å². The van der Waals surface area contributed by atoms with Crippen LogP contribution in [0.5, 0.6) is 0 Å². The van der Waals surface area contributed by atoms with Crippen molar-refractivity contribution in [2.24, 2.45) is 5.92 Å². The number of rotatable bonds is 82. The highest BCUT2D eigenvalue weighted by molar-refractivity contribution is 7.47. The van der Waals surface area contributed by atoms with E-state index in [-0.39, 0.29) is 25.7 Å². The van der Waals surface area contributed by atoms with Gasteiger partial charge in [-0.2, -0.15) is 0 Å². The van der Waals surface area contributed by atoms with Crippen molar-refractivity contribution in [2.45, 2.75) is 457 Å². The van der Waals surface area contributed by atoms with Gasteiger partial charge in [-0.3, -0.25) is 37.3 Å². The van der Waals surface area contributed by atoms with Crippen LogP contribution in [-0.4, -0.2) is 96.7 Å². The second-order valence-corrected chi connectivity index (χ2v) is 32.9. The largest absolute Gasteiger partial charge is 0.472 e. The van der Waals surface area contributed by atoms with Gasteiger partial charge in [0.05, 0.1) is 26.4 Å². The zero-order chi connectivity index (χ0) is 74.1. The zero-order valence-corrected chi connectivity index (χ0v) is 67.8. The molecule has 5 atom stereocenters. The number of phosphoric ester groups is 2. The lowest BCUT2D eigenvalue weighted by Gasteiger charge is -2.21. The number of phosphoric acid groups is 2. The van der Waals surface area contributed by atoms with Crippen molar-refractivity contribution in [3.05, 3.63) is 0 Å². The summed E-state index contributed by atoms with van der Waals surface area (Å²) in [4.78, 5) is 73.1. The molecule has 0 rings (SSSR count). The Hall–Kier alpha value is -1.94. The molecule has 0 aliphatic heterocycles. The summed E-state index contributed by atoms with van der Waals surface area (Å²) in [6.45, 7) is 7.36. The first kappa shape index (κ1) is 99.1. The van der Waals surface area contributed by atoms with Crippen LogP contribution in [0.25, 0.3) is 0 Å². The summed E-state index contributed by atoms with van der Waals surface area (Å²) in [5.41, 5.74) is 0. The molecule has 0 aromatic rings. The Morgan fingerprint density at radius 2 is 0.455 bits per heavy atom. The van der Waals surface area contributed by atoms with Crippen molar-refractivity contribution in [1.29, 1.82) is 0 Å². The van der Waals surface area contributed by atoms with Crippen molar-refractivity contribution in [1.82, 2.24) is 0 Å². The fourth-order valence-corrected chi connectivity index (χ4v) is 14.3. The fourth-order valence-electron chi connectivity index (χ4n) is 12.8. The van der Waals surface area contributed by atoms with Crippen molar-refractivity contribution in [3.8, 4) is 0 Å². The van der Waals surface area contributed by atoms with Crippen LogP contribution in [0.1, 0.15) is 439 Å². The minimum absolute atomic E-state index is 0.109. The van der Waals surface area contributed by atoms with Gasteiger partial charge in [-0.15, -0.1) is 0 Å². The first-order valence-electron chi connectivity index (χ1n) is 42.6. The maximum atomic E-state index is 13.1. The maximum absolute atomic E-state index is 13.1. The first-order valence-corrected chi connectivity index (χ1v) is 45.6. The highest BCUT2D eigenvalue weighted by atomic mass is 31.2. The third-order valence-corrected chi connectivity index (χ3v) is 21.2. The van der Waals surface area contributed by atoms with Gasteiger partial charge in [0.15, 0.2) is 12.2 Å². The molecule has 0 saturated carbocycles. The predicted molar refractivity (Wildman–Crippen MR) is 414 cm³/mol. The summed E-state index contributed by atoms with van der Waals surface area (Å²) in [5, 5.41) is 10.6. The number of hydrogen-bond acceptors (Lipinski definition) is 15. The van der Waals surface area contributed by atoms with E-state index in [9.17, 15) is 43.2 Å². The van der Waals surface area contributed by atoms with Crippen LogP contribution in [0.2, 0.25) is 0 Å². The lowest BCUT2D eigenvalue weighted by molar-refractivity contribution is -0.161. The first-order chi connectivity index (χ1) is 49.0. The van der Waals surface area contributed by atoms with E-state index >= 15 is 0 Å². The summed E-state index contributed by atoms with van der Waals surface area (Å²) in [6, 6.07) is 0. The molecule has 0 bridgehead atoms. The molecule has 0 aromatic heterocycles. The van der Waals surface area contributed by atoms with E-state index in [1.165, 1.54) is 263 Å². The van der Waals surface area contributed by atoms with Gasteiger partial charge in [0.1, 0.15) is 19.3 Å². The molecule has 600 valence electrons. The van der Waals surface area contributed by atoms with Crippen LogP contribution >= 0.6 is 15.6 Å². The molecule has 0 spiro atoms. The van der Waals surface area contributed by atoms with E-state index in [1.54, 1.807) is 0 Å². The van der Waals surface area contributed by atoms with Gasteiger partial charge in [0.2, 0.25) is 0 Å². The van der Waals surface area contributed by atoms with Crippen LogP contribution in [0, 0.1) is 5.92 Å². The summed E-state index contributed by atoms with van der Waals surface area (Å²) in [7, 11) is -9.92. The van der Waals surface area contributed by atoms with Gasteiger partial charge in [-0.25, -0.2) is 9.13 Å². The third-order valence-electron chi connectivity index (χ3n) is 19.3. The second kappa shape index (κ2) is 74.9. The molecule has 0 amide bonds. The summed E-state index contributed by atoms with van der Waals surface area (Å²) in [6.07, 6.45) is 66.5. The average molecular weight is 1480 g/mol. The zero-order valence-electron chi connectivity index (χ0n) is 66.1. The number of ether oxygens (including phenoxy) is 4. The van der Waals surface area contributed by atoms with E-state index in [0.29, 0.717) is 25.7 Å². The molecule has 19 heteroatoms. The van der Waals surface area contributed by atoms with Gasteiger partial charge >= 0.3 is 39.5 Å². The molecule has 17 nitrogen and oxygen atoms in total. The Bertz CT molecular complexity index is 1930. The Balaban J connectivity index is 5.23. The summed E-state index contributed by atoms with van der Waals surface area (Å²) >= 11 is 0. The monoisotopic (exact) mass is 1480 g/mol. The highest BCUT2D eigenvalue weighted by Crippen LogP contribution is 2.45. The molecular formula is C82H160O17P2. The number of hydrogen-bond donors (Lipinski definition) is 3. The Morgan fingerprint density at radius 3 is 0.673 bits per heavy atom. The minimum Gasteiger partial charge on any atom is -0.462 e. The van der Waals surface area contributed by atoms with Crippen LogP contribution in [0.4, 0.5) is 0 Å². The van der Waals surface area contributed by atoms with E-state index in [2.05, 4.69) is 34.6 Å². The Kier molecular flexibility index (Phi) is 73.5. The topological polar surface area (TPSA) is 237 Å². The molecule has 3 N–H and O–H groups in total. The third kappa shape index (κ3) is 76.1. The van der Waals surface area contributed by atoms with E-state index in [1.807, 2.05) is 0 Å². The van der Waals surface area contributed by atoms with Crippen LogP contribution < -0.4 is 0 Å². The lowest BCUT2D eigenvalue weighted by Crippen LogP contribution is -2.30. The van der Waals surface area contributed by atoms with Crippen molar-refractivity contribution in [2.75, 3.05) is 39.6 Å². The smallest absolute Gasteiger partial charge is 0.462 e. The number of unbranched alkanes of at least 4 members (excludes halogenated alkanes) is 54. The number of carbonyl (C=O) groups is 4. The van der Waals surface area contributed by atoms with Crippen molar-refractivity contribution < 1.29 is 80.2 Å². The molecule has 101 heavy (non-hydrogen) atoms. The Morgan fingerprint density at radius 1 is 0.267 bits per heavy atom. The van der Waals surface area contributed by atoms with Gasteiger partial charge in [-0.05, 0) is 31.6 Å². The number of aliphatic hydroxyl groups is 1. The summed E-state index contributed by atoms with van der Waals surface area (Å²) in [5.74, 6) is -1.30. The quantitative estimate of drug-likeness (QED) is 0.0222. The van der Waals surface area contributed by atoms with Crippen LogP contribution in [-0.2, 0) is 65.4 Å². The molecule has 0 aliphatic carbocycles. The average Bonchev–Trinajstić information content (AvgIpc) is 1.98. The SMILES string of the molecule is CCCCCCCCCCCCCCCCCCCCC(=O)OC[C@H](COP(=O)(O)OC[C@@H](O)COP(=O)(O)OC[C@@H](COC(=O)CCCCCCCCCCCC)OC(=O)CCCCCCCCCCCCCCCCC)OC(=O)CCCCCCCCCCCCCCCCCC(C)C. The molecular weight excluding hydrogens is 1320 g/mol. The fraction of sp³-hybridized carbons (Fsp3) is 0.951. The molecule has 0 aromatic carbocycles. The van der Waals surface area contributed by atoms with Crippen LogP contribution in [0.15, 0.2) is 0 Å². The molecule has 0 fully saturated rings. The standard InChI is InChI=1S/C82H160O17P2/c1-6-9-12-15-18-21-24-26-28-29-30-34-37-41-46-51-56-61-66-80(85)93-72-78(99-82(87)68-63-58-53-48-43-39-35-31-33-36-40-44-49-54-59-64-75(4)5)74-97-101(90,91)95-70-76(83)69-94-100(88,89)96-73-77(71-92-79(84)65-60-55-50-45-23-20-17-14-11-8-3)98-81(86)67-62-57-52-47-42-38-32-27-25-22-19-16-13-10-7-2/h75-78,83H,6-74H2,1-5H3,(H,88,89)(H,90,91)/t76-,77+,78+/m0/s1. The molecule has 2 unspecified atom stereocenters. The number of esters is 4. The van der Waals surface area contributed by atoms with Gasteiger partial charge < -0.3 is 33.8 Å². The van der Waals surface area contributed by atoms with Crippen molar-refractivity contribution >= 4 is 39.5 Å². The Labute approximate surface area is 619 Å². The van der Waals surface area contributed by atoms with Crippen molar-refractivity contribution in [3.63, 3.8) is 0 Å². The van der Waals surface area contributed by atoms with Gasteiger partial charge in [0.25, 0.3) is 0 Å².